The Hall–Kier alpha value is -1.51. The number of aliphatic hydroxyl groups excluding tert-OH is 1. The van der Waals surface area contributed by atoms with E-state index in [4.69, 9.17) is 16.3 Å². The second kappa shape index (κ2) is 7.93. The zero-order valence-corrected chi connectivity index (χ0v) is 12.1. The maximum Gasteiger partial charge on any atom is 0.119 e. The summed E-state index contributed by atoms with van der Waals surface area (Å²) in [4.78, 5) is 0. The molecule has 106 valence electrons. The van der Waals surface area contributed by atoms with Gasteiger partial charge in [0.2, 0.25) is 0 Å². The van der Waals surface area contributed by atoms with Crippen LogP contribution in [0.15, 0.2) is 54.6 Å². The van der Waals surface area contributed by atoms with Gasteiger partial charge in [-0.15, -0.1) is 0 Å². The van der Waals surface area contributed by atoms with Crippen molar-refractivity contribution in [3.8, 4) is 5.75 Å². The summed E-state index contributed by atoms with van der Waals surface area (Å²) >= 11 is 5.97. The molecule has 0 bridgehead atoms. The van der Waals surface area contributed by atoms with Crippen LogP contribution in [0.25, 0.3) is 0 Å². The highest BCUT2D eigenvalue weighted by molar-refractivity contribution is 6.30. The maximum atomic E-state index is 9.47. The predicted octanol–water partition coefficient (Wildman–Crippen LogP) is 3.96. The van der Waals surface area contributed by atoms with Crippen LogP contribution < -0.4 is 4.74 Å². The van der Waals surface area contributed by atoms with Crippen LogP contribution in [0.1, 0.15) is 12.0 Å². The Morgan fingerprint density at radius 1 is 1.05 bits per heavy atom. The van der Waals surface area contributed by atoms with Crippen LogP contribution in [0.3, 0.4) is 0 Å². The van der Waals surface area contributed by atoms with Crippen molar-refractivity contribution in [1.29, 1.82) is 0 Å². The van der Waals surface area contributed by atoms with Crippen LogP contribution in [-0.2, 0) is 6.42 Å². The molecule has 20 heavy (non-hydrogen) atoms. The summed E-state index contributed by atoms with van der Waals surface area (Å²) in [7, 11) is 0. The van der Waals surface area contributed by atoms with E-state index in [-0.39, 0.29) is 12.5 Å². The van der Waals surface area contributed by atoms with Crippen molar-refractivity contribution in [3.63, 3.8) is 0 Å². The molecule has 2 aromatic carbocycles. The van der Waals surface area contributed by atoms with Gasteiger partial charge in [0, 0.05) is 11.6 Å². The fourth-order valence-electron chi connectivity index (χ4n) is 2.12. The zero-order chi connectivity index (χ0) is 14.2. The smallest absolute Gasteiger partial charge is 0.119 e. The molecule has 0 radical (unpaired) electrons. The van der Waals surface area contributed by atoms with E-state index in [2.05, 4.69) is 0 Å². The Labute approximate surface area is 125 Å². The predicted molar refractivity (Wildman–Crippen MR) is 82.3 cm³/mol. The minimum atomic E-state index is 0.157. The average molecular weight is 291 g/mol. The van der Waals surface area contributed by atoms with E-state index in [1.807, 2.05) is 54.6 Å². The Balaban J connectivity index is 1.80. The number of halogens is 1. The molecular formula is C17H19ClO2. The largest absolute Gasteiger partial charge is 0.494 e. The molecule has 0 aliphatic rings. The summed E-state index contributed by atoms with van der Waals surface area (Å²) in [5.41, 5.74) is 1.15. The number of hydrogen-bond donors (Lipinski definition) is 1. The summed E-state index contributed by atoms with van der Waals surface area (Å²) in [5.74, 6) is 1.06. The van der Waals surface area contributed by atoms with Crippen molar-refractivity contribution in [2.45, 2.75) is 12.8 Å². The molecule has 1 unspecified atom stereocenters. The van der Waals surface area contributed by atoms with E-state index >= 15 is 0 Å². The molecule has 0 spiro atoms. The van der Waals surface area contributed by atoms with Gasteiger partial charge in [-0.3, -0.25) is 0 Å². The molecule has 0 aromatic heterocycles. The van der Waals surface area contributed by atoms with Gasteiger partial charge in [-0.05, 0) is 48.6 Å². The summed E-state index contributed by atoms with van der Waals surface area (Å²) in [6.45, 7) is 0.764. The Kier molecular flexibility index (Phi) is 5.90. The van der Waals surface area contributed by atoms with Gasteiger partial charge in [0.05, 0.1) is 6.61 Å². The molecule has 0 heterocycles. The molecule has 2 aromatic rings. The molecule has 0 saturated heterocycles. The number of para-hydroxylation sites is 1. The first-order chi connectivity index (χ1) is 9.78. The highest BCUT2D eigenvalue weighted by Crippen LogP contribution is 2.17. The van der Waals surface area contributed by atoms with Crippen LogP contribution in [0.5, 0.6) is 5.75 Å². The second-order valence-electron chi connectivity index (χ2n) is 4.83. The Morgan fingerprint density at radius 3 is 2.55 bits per heavy atom. The third-order valence-corrected chi connectivity index (χ3v) is 3.44. The van der Waals surface area contributed by atoms with Crippen molar-refractivity contribution in [1.82, 2.24) is 0 Å². The number of aliphatic hydroxyl groups is 1. The summed E-state index contributed by atoms with van der Waals surface area (Å²) in [6.07, 6.45) is 1.63. The Morgan fingerprint density at radius 2 is 1.85 bits per heavy atom. The topological polar surface area (TPSA) is 29.5 Å². The molecule has 2 rings (SSSR count). The van der Waals surface area contributed by atoms with Crippen LogP contribution in [0.2, 0.25) is 5.02 Å². The monoisotopic (exact) mass is 290 g/mol. The van der Waals surface area contributed by atoms with Crippen LogP contribution >= 0.6 is 11.6 Å². The standard InChI is InChI=1S/C17H19ClO2/c18-16-6-4-5-14(12-16)11-15(13-19)9-10-20-17-7-2-1-3-8-17/h1-8,12,15,19H,9-11,13H2. The lowest BCUT2D eigenvalue weighted by Gasteiger charge is -2.15. The van der Waals surface area contributed by atoms with Crippen LogP contribution in [-0.4, -0.2) is 18.3 Å². The van der Waals surface area contributed by atoms with Gasteiger partial charge < -0.3 is 9.84 Å². The lowest BCUT2D eigenvalue weighted by Crippen LogP contribution is -2.14. The molecular weight excluding hydrogens is 272 g/mol. The quantitative estimate of drug-likeness (QED) is 0.836. The maximum absolute atomic E-state index is 9.47. The fraction of sp³-hybridized carbons (Fsp3) is 0.294. The first kappa shape index (κ1) is 14.9. The Bertz CT molecular complexity index is 513. The van der Waals surface area contributed by atoms with E-state index < -0.39 is 0 Å². The molecule has 0 saturated carbocycles. The SMILES string of the molecule is OCC(CCOc1ccccc1)Cc1cccc(Cl)c1. The summed E-state index contributed by atoms with van der Waals surface area (Å²) in [6, 6.07) is 17.5. The van der Waals surface area contributed by atoms with Crippen LogP contribution in [0, 0.1) is 5.92 Å². The minimum Gasteiger partial charge on any atom is -0.494 e. The summed E-state index contributed by atoms with van der Waals surface area (Å²) in [5, 5.41) is 10.2. The lowest BCUT2D eigenvalue weighted by atomic mass is 9.97. The van der Waals surface area contributed by atoms with Gasteiger partial charge in [0.1, 0.15) is 5.75 Å². The number of ether oxygens (including phenoxy) is 1. The molecule has 0 amide bonds. The van der Waals surface area contributed by atoms with E-state index in [1.165, 1.54) is 0 Å². The van der Waals surface area contributed by atoms with Crippen molar-refractivity contribution in [3.05, 3.63) is 65.2 Å². The van der Waals surface area contributed by atoms with Gasteiger partial charge in [-0.1, -0.05) is 41.9 Å². The third kappa shape index (κ3) is 4.87. The lowest BCUT2D eigenvalue weighted by molar-refractivity contribution is 0.190. The second-order valence-corrected chi connectivity index (χ2v) is 5.27. The molecule has 1 atom stereocenters. The highest BCUT2D eigenvalue weighted by Gasteiger charge is 2.09. The van der Waals surface area contributed by atoms with Crippen LogP contribution in [0.4, 0.5) is 0 Å². The number of benzene rings is 2. The van der Waals surface area contributed by atoms with Gasteiger partial charge in [0.25, 0.3) is 0 Å². The minimum absolute atomic E-state index is 0.157. The van der Waals surface area contributed by atoms with Crippen molar-refractivity contribution >= 4 is 11.6 Å². The van der Waals surface area contributed by atoms with Gasteiger partial charge >= 0.3 is 0 Å². The molecule has 0 aliphatic heterocycles. The van der Waals surface area contributed by atoms with E-state index in [1.54, 1.807) is 0 Å². The average Bonchev–Trinajstić information content (AvgIpc) is 2.47. The highest BCUT2D eigenvalue weighted by atomic mass is 35.5. The zero-order valence-electron chi connectivity index (χ0n) is 11.3. The molecule has 0 fully saturated rings. The van der Waals surface area contributed by atoms with Gasteiger partial charge in [0.15, 0.2) is 0 Å². The molecule has 2 nitrogen and oxygen atoms in total. The first-order valence-corrected chi connectivity index (χ1v) is 7.19. The van der Waals surface area contributed by atoms with Crippen molar-refractivity contribution in [2.75, 3.05) is 13.2 Å². The van der Waals surface area contributed by atoms with E-state index in [0.29, 0.717) is 6.61 Å². The third-order valence-electron chi connectivity index (χ3n) is 3.21. The van der Waals surface area contributed by atoms with E-state index in [9.17, 15) is 5.11 Å². The van der Waals surface area contributed by atoms with E-state index in [0.717, 1.165) is 29.2 Å². The molecule has 0 aliphatic carbocycles. The number of rotatable bonds is 7. The van der Waals surface area contributed by atoms with Gasteiger partial charge in [-0.25, -0.2) is 0 Å². The summed E-state index contributed by atoms with van der Waals surface area (Å²) < 4.78 is 5.66. The number of hydrogen-bond acceptors (Lipinski definition) is 2. The molecule has 1 N–H and O–H groups in total. The van der Waals surface area contributed by atoms with Crippen molar-refractivity contribution in [2.24, 2.45) is 5.92 Å². The van der Waals surface area contributed by atoms with Crippen molar-refractivity contribution < 1.29 is 9.84 Å². The van der Waals surface area contributed by atoms with Gasteiger partial charge in [-0.2, -0.15) is 0 Å². The first-order valence-electron chi connectivity index (χ1n) is 6.81. The fourth-order valence-corrected chi connectivity index (χ4v) is 2.33. The normalized spacial score (nSPS) is 12.1. The molecule has 3 heteroatoms.